The van der Waals surface area contributed by atoms with Gasteiger partial charge < -0.3 is 9.29 Å². The van der Waals surface area contributed by atoms with Gasteiger partial charge in [0.15, 0.2) is 0 Å². The van der Waals surface area contributed by atoms with Crippen molar-refractivity contribution >= 4 is 10.1 Å². The summed E-state index contributed by atoms with van der Waals surface area (Å²) in [6.07, 6.45) is -7.24. The second-order valence-electron chi connectivity index (χ2n) is 4.84. The van der Waals surface area contributed by atoms with E-state index in [4.69, 9.17) is 0 Å². The van der Waals surface area contributed by atoms with Crippen LogP contribution in [0.3, 0.4) is 0 Å². The number of ether oxygens (including phenoxy) is 1. The first-order chi connectivity index (χ1) is 12.3. The maximum Gasteiger partial charge on any atom is 1.00 e. The molecule has 0 N–H and O–H groups in total. The van der Waals surface area contributed by atoms with E-state index in [9.17, 15) is 61.3 Å². The molecule has 0 aliphatic rings. The normalized spacial score (nSPS) is 14.8. The van der Waals surface area contributed by atoms with Gasteiger partial charge in [-0.25, -0.2) is 8.42 Å². The number of hydrogen-bond acceptors (Lipinski definition) is 4. The van der Waals surface area contributed by atoms with Crippen LogP contribution in [0.15, 0.2) is 41.0 Å². The molecule has 0 saturated carbocycles. The predicted octanol–water partition coefficient (Wildman–Crippen LogP) is 1.55. The van der Waals surface area contributed by atoms with E-state index in [0.717, 1.165) is 0 Å². The molecule has 29 heavy (non-hydrogen) atoms. The molecular weight excluding hydrogens is 472 g/mol. The average Bonchev–Trinajstić information content (AvgIpc) is 2.52. The number of halogens is 11. The fourth-order valence-electron chi connectivity index (χ4n) is 1.46. The van der Waals surface area contributed by atoms with E-state index in [1.807, 2.05) is 0 Å². The summed E-state index contributed by atoms with van der Waals surface area (Å²) in [5, 5.41) is 0. The van der Waals surface area contributed by atoms with E-state index >= 15 is 0 Å². The second-order valence-corrected chi connectivity index (χ2v) is 6.22. The van der Waals surface area contributed by atoms with Gasteiger partial charge in [0, 0.05) is 0 Å². The van der Waals surface area contributed by atoms with Crippen LogP contribution in [0.25, 0.3) is 0 Å². The zero-order chi connectivity index (χ0) is 22.3. The molecule has 1 aromatic carbocycles. The van der Waals surface area contributed by atoms with Crippen LogP contribution in [0.5, 0.6) is 5.75 Å². The van der Waals surface area contributed by atoms with Crippen LogP contribution in [0.2, 0.25) is 0 Å². The van der Waals surface area contributed by atoms with Crippen molar-refractivity contribution in [2.75, 3.05) is 0 Å². The Balaban J connectivity index is 0.00000784. The Bertz CT molecular complexity index is 863. The minimum atomic E-state index is -7.45. The van der Waals surface area contributed by atoms with Crippen LogP contribution < -0.4 is 34.3 Å². The molecule has 0 aliphatic carbocycles. The van der Waals surface area contributed by atoms with Crippen molar-refractivity contribution in [1.82, 2.24) is 0 Å². The summed E-state index contributed by atoms with van der Waals surface area (Å²) in [5.74, 6) is -27.1. The van der Waals surface area contributed by atoms with Crippen LogP contribution in [0, 0.1) is 0 Å². The molecule has 0 bridgehead atoms. The van der Waals surface area contributed by atoms with Crippen molar-refractivity contribution in [3.05, 3.63) is 36.1 Å². The smallest absolute Gasteiger partial charge is 0.744 e. The Morgan fingerprint density at radius 1 is 0.828 bits per heavy atom. The van der Waals surface area contributed by atoms with Gasteiger partial charge in [-0.3, -0.25) is 0 Å². The molecule has 0 heterocycles. The number of allylic oxidation sites excluding steroid dienone is 1. The summed E-state index contributed by atoms with van der Waals surface area (Å²) < 4.78 is 175. The Kier molecular flexibility index (Phi) is 8.24. The molecule has 160 valence electrons. The molecule has 0 atom stereocenters. The molecule has 0 fully saturated rings. The van der Waals surface area contributed by atoms with Crippen LogP contribution in [-0.4, -0.2) is 36.9 Å². The van der Waals surface area contributed by atoms with Crippen molar-refractivity contribution < 1.29 is 95.6 Å². The summed E-state index contributed by atoms with van der Waals surface area (Å²) in [4.78, 5) is -0.966. The number of rotatable bonds is 6. The van der Waals surface area contributed by atoms with Crippen LogP contribution in [-0.2, 0) is 10.1 Å². The molecule has 0 unspecified atom stereocenters. The summed E-state index contributed by atoms with van der Waals surface area (Å²) >= 11 is 0. The van der Waals surface area contributed by atoms with Gasteiger partial charge in [-0.15, -0.1) is 0 Å². The summed E-state index contributed by atoms with van der Waals surface area (Å²) in [5.41, 5.74) is 0. The number of alkyl halides is 9. The van der Waals surface area contributed by atoms with Gasteiger partial charge in [0.05, 0.1) is 4.90 Å². The summed E-state index contributed by atoms with van der Waals surface area (Å²) in [7, 11) is -5.03. The van der Waals surface area contributed by atoms with Crippen LogP contribution in [0.1, 0.15) is 0 Å². The van der Waals surface area contributed by atoms with Gasteiger partial charge in [-0.2, -0.15) is 48.3 Å². The molecule has 4 nitrogen and oxygen atoms in total. The topological polar surface area (TPSA) is 66.4 Å². The third kappa shape index (κ3) is 5.34. The van der Waals surface area contributed by atoms with Crippen molar-refractivity contribution in [3.63, 3.8) is 0 Å². The zero-order valence-corrected chi connectivity index (χ0v) is 16.3. The minimum Gasteiger partial charge on any atom is -0.744 e. The molecule has 0 spiro atoms. The van der Waals surface area contributed by atoms with Gasteiger partial charge in [0.25, 0.3) is 0 Å². The van der Waals surface area contributed by atoms with Crippen LogP contribution in [0.4, 0.5) is 48.3 Å². The molecule has 0 aliphatic heterocycles. The van der Waals surface area contributed by atoms with Gasteiger partial charge in [0.2, 0.25) is 5.83 Å². The molecule has 1 aromatic rings. The first-order valence-corrected chi connectivity index (χ1v) is 7.67. The molecule has 0 amide bonds. The second kappa shape index (κ2) is 8.56. The molecule has 0 saturated heterocycles. The van der Waals surface area contributed by atoms with E-state index in [0.29, 0.717) is 24.3 Å². The van der Waals surface area contributed by atoms with Gasteiger partial charge in [0.1, 0.15) is 15.9 Å². The average molecular weight is 476 g/mol. The van der Waals surface area contributed by atoms with Crippen molar-refractivity contribution in [2.45, 2.75) is 28.8 Å². The summed E-state index contributed by atoms with van der Waals surface area (Å²) in [6.45, 7) is 0. The standard InChI is InChI=1S/C12H5F11O4S.Na/c13-7(9(15,16)10(17,18)11(19,20)12(21,22)23)8(14)27-5-1-3-6(4-2-5)28(24,25)26;/h1-4H,(H,24,25,26);/q;+1/p-1/b8-7-;. The van der Waals surface area contributed by atoms with E-state index in [1.165, 1.54) is 0 Å². The quantitative estimate of drug-likeness (QED) is 0.271. The van der Waals surface area contributed by atoms with Crippen molar-refractivity contribution in [2.24, 2.45) is 0 Å². The largest absolute Gasteiger partial charge is 1.00 e. The monoisotopic (exact) mass is 476 g/mol. The SMILES string of the molecule is O=S(=O)([O-])c1ccc(O/C(F)=C(\F)C(F)(F)C(F)(F)C(F)(F)C(F)(F)F)cc1.[Na+]. The first kappa shape index (κ1) is 27.9. The predicted molar refractivity (Wildman–Crippen MR) is 65.2 cm³/mol. The van der Waals surface area contributed by atoms with Gasteiger partial charge in [-0.1, -0.05) is 0 Å². The fraction of sp³-hybridized carbons (Fsp3) is 0.333. The maximum atomic E-state index is 13.3. The minimum absolute atomic E-state index is 0. The molecule has 0 aromatic heterocycles. The van der Waals surface area contributed by atoms with Gasteiger partial charge in [-0.05, 0) is 24.3 Å². The Hall–Kier alpha value is -1.10. The summed E-state index contributed by atoms with van der Waals surface area (Å²) in [6, 6.07) is -1.86. The zero-order valence-electron chi connectivity index (χ0n) is 13.5. The van der Waals surface area contributed by atoms with Crippen LogP contribution >= 0.6 is 0 Å². The number of hydrogen-bond donors (Lipinski definition) is 0. The Morgan fingerprint density at radius 2 is 1.24 bits per heavy atom. The van der Waals surface area contributed by atoms with Crippen molar-refractivity contribution in [1.29, 1.82) is 0 Å². The van der Waals surface area contributed by atoms with E-state index in [1.54, 1.807) is 0 Å². The molecule has 0 radical (unpaired) electrons. The molecular formula is C12H4F11NaO4S. The first-order valence-electron chi connectivity index (χ1n) is 6.26. The van der Waals surface area contributed by atoms with E-state index < -0.39 is 56.5 Å². The maximum absolute atomic E-state index is 13.3. The van der Waals surface area contributed by atoms with E-state index in [2.05, 4.69) is 4.74 Å². The van der Waals surface area contributed by atoms with Gasteiger partial charge >= 0.3 is 59.5 Å². The third-order valence-electron chi connectivity index (χ3n) is 2.91. The fourth-order valence-corrected chi connectivity index (χ4v) is 1.93. The number of benzene rings is 1. The Morgan fingerprint density at radius 3 is 1.59 bits per heavy atom. The molecule has 17 heteroatoms. The third-order valence-corrected chi connectivity index (χ3v) is 3.76. The Labute approximate surface area is 176 Å². The van der Waals surface area contributed by atoms with Crippen molar-refractivity contribution in [3.8, 4) is 5.75 Å². The van der Waals surface area contributed by atoms with E-state index in [-0.39, 0.29) is 29.6 Å². The molecule has 1 rings (SSSR count).